The van der Waals surface area contributed by atoms with Gasteiger partial charge in [0.1, 0.15) is 9.84 Å². The second-order valence-corrected chi connectivity index (χ2v) is 8.19. The minimum atomic E-state index is -2.76. The van der Waals surface area contributed by atoms with Crippen LogP contribution in [0.5, 0.6) is 0 Å². The summed E-state index contributed by atoms with van der Waals surface area (Å²) in [6.07, 6.45) is 8.68. The third-order valence-corrected chi connectivity index (χ3v) is 4.65. The first kappa shape index (κ1) is 14.0. The molecule has 1 aliphatic rings. The first-order chi connectivity index (χ1) is 7.37. The van der Waals surface area contributed by atoms with Crippen LogP contribution in [-0.2, 0) is 9.84 Å². The summed E-state index contributed by atoms with van der Waals surface area (Å²) in [6, 6.07) is 0. The first-order valence-corrected chi connectivity index (χ1v) is 8.60. The van der Waals surface area contributed by atoms with Gasteiger partial charge < -0.3 is 0 Å². The summed E-state index contributed by atoms with van der Waals surface area (Å²) in [6.45, 7) is 4.57. The lowest BCUT2D eigenvalue weighted by atomic mass is 9.78. The molecule has 96 valence electrons. The van der Waals surface area contributed by atoms with E-state index >= 15 is 0 Å². The zero-order valence-electron chi connectivity index (χ0n) is 10.9. The fourth-order valence-corrected chi connectivity index (χ4v) is 3.56. The van der Waals surface area contributed by atoms with E-state index in [2.05, 4.69) is 13.8 Å². The quantitative estimate of drug-likeness (QED) is 0.746. The molecule has 0 aromatic carbocycles. The van der Waals surface area contributed by atoms with Crippen LogP contribution in [0.15, 0.2) is 0 Å². The van der Waals surface area contributed by atoms with Gasteiger partial charge in [0, 0.05) is 6.26 Å². The van der Waals surface area contributed by atoms with Gasteiger partial charge in [-0.15, -0.1) is 0 Å². The lowest BCUT2D eigenvalue weighted by molar-refractivity contribution is 0.241. The van der Waals surface area contributed by atoms with Crippen LogP contribution in [0.1, 0.15) is 52.4 Å². The van der Waals surface area contributed by atoms with Crippen molar-refractivity contribution in [3.05, 3.63) is 0 Å². The minimum Gasteiger partial charge on any atom is -0.229 e. The van der Waals surface area contributed by atoms with Crippen LogP contribution in [0.4, 0.5) is 0 Å². The Bertz CT molecular complexity index is 285. The molecule has 1 fully saturated rings. The molecule has 0 bridgehead atoms. The van der Waals surface area contributed by atoms with Crippen molar-refractivity contribution in [3.8, 4) is 0 Å². The highest BCUT2D eigenvalue weighted by Crippen LogP contribution is 2.34. The largest absolute Gasteiger partial charge is 0.229 e. The maximum atomic E-state index is 11.1. The lowest BCUT2D eigenvalue weighted by Crippen LogP contribution is -2.18. The van der Waals surface area contributed by atoms with Crippen molar-refractivity contribution in [1.82, 2.24) is 0 Å². The summed E-state index contributed by atoms with van der Waals surface area (Å²) in [7, 11) is -2.76. The van der Waals surface area contributed by atoms with E-state index in [4.69, 9.17) is 0 Å². The monoisotopic (exact) mass is 246 g/mol. The molecular formula is C13H26O2S. The third kappa shape index (κ3) is 5.88. The Hall–Kier alpha value is -0.0500. The number of rotatable bonds is 5. The normalized spacial score (nSPS) is 27.2. The van der Waals surface area contributed by atoms with Crippen LogP contribution in [0.2, 0.25) is 0 Å². The Morgan fingerprint density at radius 3 is 2.00 bits per heavy atom. The second kappa shape index (κ2) is 6.04. The number of hydrogen-bond donors (Lipinski definition) is 0. The van der Waals surface area contributed by atoms with Gasteiger partial charge in [0.25, 0.3) is 0 Å². The summed E-state index contributed by atoms with van der Waals surface area (Å²) in [5.41, 5.74) is 0. The maximum Gasteiger partial charge on any atom is 0.147 e. The van der Waals surface area contributed by atoms with E-state index in [-0.39, 0.29) is 0 Å². The van der Waals surface area contributed by atoms with Crippen molar-refractivity contribution in [2.45, 2.75) is 52.4 Å². The van der Waals surface area contributed by atoms with Crippen molar-refractivity contribution in [3.63, 3.8) is 0 Å². The molecule has 1 aliphatic carbocycles. The summed E-state index contributed by atoms with van der Waals surface area (Å²) >= 11 is 0. The molecule has 0 amide bonds. The molecular weight excluding hydrogens is 220 g/mol. The highest BCUT2D eigenvalue weighted by Gasteiger charge is 2.22. The van der Waals surface area contributed by atoms with Crippen LogP contribution < -0.4 is 0 Å². The molecule has 0 radical (unpaired) electrons. The zero-order chi connectivity index (χ0) is 12.2. The molecule has 0 spiro atoms. The molecule has 0 aromatic rings. The van der Waals surface area contributed by atoms with Gasteiger partial charge in [-0.05, 0) is 30.6 Å². The van der Waals surface area contributed by atoms with Gasteiger partial charge in [-0.25, -0.2) is 8.42 Å². The molecule has 0 aliphatic heterocycles. The van der Waals surface area contributed by atoms with Crippen LogP contribution in [0.3, 0.4) is 0 Å². The van der Waals surface area contributed by atoms with Crippen LogP contribution in [-0.4, -0.2) is 20.4 Å². The smallest absolute Gasteiger partial charge is 0.147 e. The molecule has 1 saturated carbocycles. The first-order valence-electron chi connectivity index (χ1n) is 6.54. The maximum absolute atomic E-state index is 11.1. The van der Waals surface area contributed by atoms with Gasteiger partial charge in [0.05, 0.1) is 5.75 Å². The Labute approximate surface area is 101 Å². The molecule has 0 unspecified atom stereocenters. The van der Waals surface area contributed by atoms with E-state index in [0.717, 1.165) is 18.3 Å². The van der Waals surface area contributed by atoms with Crippen molar-refractivity contribution >= 4 is 9.84 Å². The molecule has 16 heavy (non-hydrogen) atoms. The molecule has 1 rings (SSSR count). The summed E-state index contributed by atoms with van der Waals surface area (Å²) in [4.78, 5) is 0. The molecule has 2 nitrogen and oxygen atoms in total. The average molecular weight is 246 g/mol. The zero-order valence-corrected chi connectivity index (χ0v) is 11.7. The standard InChI is InChI=1S/C13H26O2S/c1-11(2)10-13-6-4-12(5-7-13)8-9-16(3,14)15/h11-13H,4-10H2,1-3H3. The summed E-state index contributed by atoms with van der Waals surface area (Å²) in [5.74, 6) is 2.75. The molecule has 0 heterocycles. The van der Waals surface area contributed by atoms with Gasteiger partial charge in [-0.3, -0.25) is 0 Å². The molecule has 0 saturated heterocycles. The third-order valence-electron chi connectivity index (χ3n) is 3.67. The fraction of sp³-hybridized carbons (Fsp3) is 1.00. The van der Waals surface area contributed by atoms with E-state index < -0.39 is 9.84 Å². The predicted octanol–water partition coefficient (Wildman–Crippen LogP) is 3.27. The number of sulfone groups is 1. The highest BCUT2D eigenvalue weighted by atomic mass is 32.2. The number of hydrogen-bond acceptors (Lipinski definition) is 2. The van der Waals surface area contributed by atoms with E-state index in [0.29, 0.717) is 11.7 Å². The van der Waals surface area contributed by atoms with Crippen LogP contribution in [0.25, 0.3) is 0 Å². The Kier molecular flexibility index (Phi) is 5.29. The van der Waals surface area contributed by atoms with Crippen molar-refractivity contribution < 1.29 is 8.42 Å². The van der Waals surface area contributed by atoms with Gasteiger partial charge in [0.15, 0.2) is 0 Å². The van der Waals surface area contributed by atoms with E-state index in [1.54, 1.807) is 0 Å². The van der Waals surface area contributed by atoms with Crippen molar-refractivity contribution in [2.24, 2.45) is 17.8 Å². The fourth-order valence-electron chi connectivity index (χ4n) is 2.80. The van der Waals surface area contributed by atoms with E-state index in [9.17, 15) is 8.42 Å². The van der Waals surface area contributed by atoms with Crippen molar-refractivity contribution in [2.75, 3.05) is 12.0 Å². The molecule has 3 heteroatoms. The molecule has 0 aromatic heterocycles. The van der Waals surface area contributed by atoms with E-state index in [1.165, 1.54) is 38.4 Å². The van der Waals surface area contributed by atoms with Gasteiger partial charge in [-0.1, -0.05) is 39.5 Å². The topological polar surface area (TPSA) is 34.1 Å². The summed E-state index contributed by atoms with van der Waals surface area (Å²) < 4.78 is 22.2. The van der Waals surface area contributed by atoms with E-state index in [1.807, 2.05) is 0 Å². The molecule has 0 N–H and O–H groups in total. The minimum absolute atomic E-state index is 0.381. The van der Waals surface area contributed by atoms with Crippen LogP contribution in [0, 0.1) is 17.8 Å². The van der Waals surface area contributed by atoms with Gasteiger partial charge in [-0.2, -0.15) is 0 Å². The second-order valence-electron chi connectivity index (χ2n) is 5.93. The molecule has 0 atom stereocenters. The van der Waals surface area contributed by atoms with Gasteiger partial charge >= 0.3 is 0 Å². The SMILES string of the molecule is CC(C)CC1CCC(CCS(C)(=O)=O)CC1. The summed E-state index contributed by atoms with van der Waals surface area (Å²) in [5, 5.41) is 0. The van der Waals surface area contributed by atoms with Crippen molar-refractivity contribution in [1.29, 1.82) is 0 Å². The Morgan fingerprint density at radius 1 is 1.06 bits per heavy atom. The Balaban J connectivity index is 2.22. The van der Waals surface area contributed by atoms with Crippen LogP contribution >= 0.6 is 0 Å². The lowest BCUT2D eigenvalue weighted by Gasteiger charge is -2.29. The Morgan fingerprint density at radius 2 is 1.56 bits per heavy atom. The predicted molar refractivity (Wildman–Crippen MR) is 69.2 cm³/mol. The highest BCUT2D eigenvalue weighted by molar-refractivity contribution is 7.90. The average Bonchev–Trinajstić information content (AvgIpc) is 2.14. The van der Waals surface area contributed by atoms with Gasteiger partial charge in [0.2, 0.25) is 0 Å².